The van der Waals surface area contributed by atoms with Gasteiger partial charge in [0, 0.05) is 23.2 Å². The topological polar surface area (TPSA) is 82.1 Å². The van der Waals surface area contributed by atoms with E-state index in [2.05, 4.69) is 26.0 Å². The fourth-order valence-corrected chi connectivity index (χ4v) is 2.91. The number of halogens is 1. The van der Waals surface area contributed by atoms with Gasteiger partial charge in [0.15, 0.2) is 5.84 Å². The fourth-order valence-electron chi connectivity index (χ4n) is 2.35. The average molecular weight is 328 g/mol. The van der Waals surface area contributed by atoms with E-state index < -0.39 is 0 Å². The number of nitrogens with two attached hydrogens (primary N) is 1. The van der Waals surface area contributed by atoms with Gasteiger partial charge in [-0.15, -0.1) is 0 Å². The molecule has 0 spiro atoms. The van der Waals surface area contributed by atoms with E-state index in [0.717, 1.165) is 23.1 Å². The Morgan fingerprint density at radius 3 is 2.89 bits per heavy atom. The lowest BCUT2D eigenvalue weighted by molar-refractivity contribution is 0.103. The Hall–Kier alpha value is -1.27. The van der Waals surface area contributed by atoms with Crippen LogP contribution in [0.25, 0.3) is 0 Å². The molecule has 1 fully saturated rings. The van der Waals surface area contributed by atoms with Gasteiger partial charge in [-0.2, -0.15) is 0 Å². The van der Waals surface area contributed by atoms with Crippen molar-refractivity contribution in [2.24, 2.45) is 16.8 Å². The number of benzene rings is 1. The highest BCUT2D eigenvalue weighted by Gasteiger charge is 2.26. The number of anilines is 1. The van der Waals surface area contributed by atoms with Gasteiger partial charge in [-0.1, -0.05) is 18.1 Å². The van der Waals surface area contributed by atoms with Gasteiger partial charge in [-0.25, -0.2) is 0 Å². The van der Waals surface area contributed by atoms with Crippen molar-refractivity contribution in [3.8, 4) is 0 Å². The number of β-amino-alcohol motifs (C(OH)–C–C–N with tert-alkyl or cyclic N) is 1. The van der Waals surface area contributed by atoms with Crippen LogP contribution >= 0.6 is 15.9 Å². The summed E-state index contributed by atoms with van der Waals surface area (Å²) in [6.45, 7) is 3.46. The van der Waals surface area contributed by atoms with Crippen LogP contribution in [-0.2, 0) is 0 Å². The van der Waals surface area contributed by atoms with Crippen LogP contribution in [0.3, 0.4) is 0 Å². The summed E-state index contributed by atoms with van der Waals surface area (Å²) in [5.41, 5.74) is 7.28. The highest BCUT2D eigenvalue weighted by Crippen LogP contribution is 2.30. The van der Waals surface area contributed by atoms with Crippen LogP contribution in [0.1, 0.15) is 18.9 Å². The third-order valence-corrected chi connectivity index (χ3v) is 4.28. The van der Waals surface area contributed by atoms with Crippen molar-refractivity contribution in [3.63, 3.8) is 0 Å². The monoisotopic (exact) mass is 327 g/mol. The third kappa shape index (κ3) is 2.84. The zero-order valence-corrected chi connectivity index (χ0v) is 12.3. The minimum atomic E-state index is -0.354. The summed E-state index contributed by atoms with van der Waals surface area (Å²) in [7, 11) is 0. The molecule has 0 aliphatic carbocycles. The molecule has 1 aliphatic rings. The van der Waals surface area contributed by atoms with Crippen molar-refractivity contribution in [1.82, 2.24) is 0 Å². The maximum atomic E-state index is 10.0. The van der Waals surface area contributed by atoms with Gasteiger partial charge in [-0.3, -0.25) is 0 Å². The summed E-state index contributed by atoms with van der Waals surface area (Å²) in [5.74, 6) is 0.367. The van der Waals surface area contributed by atoms with Crippen molar-refractivity contribution >= 4 is 27.5 Å². The molecule has 0 bridgehead atoms. The SMILES string of the molecule is CC1CCN(c2cccc(Br)c2/C(N)=N/O)CC1O. The maximum Gasteiger partial charge on any atom is 0.173 e. The van der Waals surface area contributed by atoms with Crippen LogP contribution in [0.2, 0.25) is 0 Å². The molecule has 0 radical (unpaired) electrons. The van der Waals surface area contributed by atoms with Crippen LogP contribution in [0, 0.1) is 5.92 Å². The lowest BCUT2D eigenvalue weighted by Gasteiger charge is -2.36. The Morgan fingerprint density at radius 1 is 1.53 bits per heavy atom. The second-order valence-electron chi connectivity index (χ2n) is 4.90. The smallest absolute Gasteiger partial charge is 0.173 e. The molecule has 19 heavy (non-hydrogen) atoms. The van der Waals surface area contributed by atoms with Crippen molar-refractivity contribution in [1.29, 1.82) is 0 Å². The second-order valence-corrected chi connectivity index (χ2v) is 5.75. The Morgan fingerprint density at radius 2 is 2.26 bits per heavy atom. The molecule has 6 heteroatoms. The molecule has 1 aromatic rings. The van der Waals surface area contributed by atoms with Crippen LogP contribution in [0.5, 0.6) is 0 Å². The molecule has 0 saturated carbocycles. The Bertz CT molecular complexity index is 493. The van der Waals surface area contributed by atoms with Gasteiger partial charge < -0.3 is 20.9 Å². The molecule has 1 aliphatic heterocycles. The highest BCUT2D eigenvalue weighted by molar-refractivity contribution is 9.10. The minimum Gasteiger partial charge on any atom is -0.409 e. The lowest BCUT2D eigenvalue weighted by Crippen LogP contribution is -2.43. The molecule has 1 aromatic carbocycles. The van der Waals surface area contributed by atoms with E-state index in [0.29, 0.717) is 18.0 Å². The van der Waals surface area contributed by atoms with E-state index in [9.17, 15) is 5.11 Å². The van der Waals surface area contributed by atoms with Crippen LogP contribution in [-0.4, -0.2) is 35.3 Å². The fraction of sp³-hybridized carbons (Fsp3) is 0.462. The van der Waals surface area contributed by atoms with Gasteiger partial charge in [-0.05, 0) is 40.4 Å². The number of rotatable bonds is 2. The summed E-state index contributed by atoms with van der Waals surface area (Å²) in [6.07, 6.45) is 0.566. The molecule has 1 saturated heterocycles. The first kappa shape index (κ1) is 14.1. The van der Waals surface area contributed by atoms with Crippen molar-refractivity contribution in [3.05, 3.63) is 28.2 Å². The van der Waals surface area contributed by atoms with Gasteiger partial charge in [0.1, 0.15) is 0 Å². The number of aliphatic hydroxyl groups excluding tert-OH is 1. The summed E-state index contributed by atoms with van der Waals surface area (Å²) in [5, 5.41) is 22.0. The number of oxime groups is 1. The average Bonchev–Trinajstić information content (AvgIpc) is 2.41. The third-order valence-electron chi connectivity index (χ3n) is 3.61. The summed E-state index contributed by atoms with van der Waals surface area (Å²) in [6, 6.07) is 5.67. The first-order valence-electron chi connectivity index (χ1n) is 6.24. The molecule has 5 nitrogen and oxygen atoms in total. The lowest BCUT2D eigenvalue weighted by atomic mass is 9.95. The molecular formula is C13H18BrN3O2. The maximum absolute atomic E-state index is 10.0. The molecule has 2 unspecified atom stereocenters. The standard InChI is InChI=1S/C13H18BrN3O2/c1-8-5-6-17(7-11(8)18)10-4-2-3-9(14)12(10)13(15)16-19/h2-4,8,11,18-19H,5-7H2,1H3,(H2,15,16). The minimum absolute atomic E-state index is 0.0654. The number of nitrogens with zero attached hydrogens (tertiary/aromatic N) is 2. The first-order chi connectivity index (χ1) is 9.04. The summed E-state index contributed by atoms with van der Waals surface area (Å²) in [4.78, 5) is 2.07. The van der Waals surface area contributed by atoms with Crippen LogP contribution in [0.4, 0.5) is 5.69 Å². The zero-order valence-electron chi connectivity index (χ0n) is 10.8. The normalized spacial score (nSPS) is 24.6. The Labute approximate surface area is 120 Å². The number of amidine groups is 1. The van der Waals surface area contributed by atoms with Gasteiger partial charge in [0.25, 0.3) is 0 Å². The summed E-state index contributed by atoms with van der Waals surface area (Å²) >= 11 is 3.42. The largest absolute Gasteiger partial charge is 0.409 e. The van der Waals surface area contributed by atoms with E-state index in [1.807, 2.05) is 25.1 Å². The van der Waals surface area contributed by atoms with Crippen molar-refractivity contribution in [2.75, 3.05) is 18.0 Å². The molecule has 104 valence electrons. The molecule has 2 atom stereocenters. The van der Waals surface area contributed by atoms with Crippen molar-refractivity contribution in [2.45, 2.75) is 19.4 Å². The van der Waals surface area contributed by atoms with Crippen molar-refractivity contribution < 1.29 is 10.3 Å². The van der Waals surface area contributed by atoms with E-state index in [4.69, 9.17) is 10.9 Å². The number of hydrogen-bond donors (Lipinski definition) is 3. The van der Waals surface area contributed by atoms with Gasteiger partial charge in [0.05, 0.1) is 11.7 Å². The van der Waals surface area contributed by atoms with Gasteiger partial charge in [0.2, 0.25) is 0 Å². The van der Waals surface area contributed by atoms with E-state index in [1.54, 1.807) is 0 Å². The van der Waals surface area contributed by atoms with Gasteiger partial charge >= 0.3 is 0 Å². The predicted octanol–water partition coefficient (Wildman–Crippen LogP) is 1.75. The Balaban J connectivity index is 2.37. The van der Waals surface area contributed by atoms with E-state index >= 15 is 0 Å². The Kier molecular flexibility index (Phi) is 4.31. The summed E-state index contributed by atoms with van der Waals surface area (Å²) < 4.78 is 0.772. The highest BCUT2D eigenvalue weighted by atomic mass is 79.9. The molecule has 0 amide bonds. The second kappa shape index (κ2) is 5.79. The zero-order chi connectivity index (χ0) is 14.0. The number of aliphatic hydroxyl groups is 1. The van der Waals surface area contributed by atoms with E-state index in [-0.39, 0.29) is 11.9 Å². The molecule has 4 N–H and O–H groups in total. The van der Waals surface area contributed by atoms with Crippen LogP contribution in [0.15, 0.2) is 27.8 Å². The van der Waals surface area contributed by atoms with E-state index in [1.165, 1.54) is 0 Å². The number of piperidine rings is 1. The predicted molar refractivity (Wildman–Crippen MR) is 78.7 cm³/mol. The molecule has 0 aromatic heterocycles. The van der Waals surface area contributed by atoms with Crippen LogP contribution < -0.4 is 10.6 Å². The molecular weight excluding hydrogens is 310 g/mol. The molecule has 2 rings (SSSR count). The quantitative estimate of drug-likeness (QED) is 0.334. The molecule has 1 heterocycles. The number of hydrogen-bond acceptors (Lipinski definition) is 4. The first-order valence-corrected chi connectivity index (χ1v) is 7.03.